The molecule has 0 aliphatic heterocycles. The van der Waals surface area contributed by atoms with Crippen molar-refractivity contribution in [3.63, 3.8) is 0 Å². The topological polar surface area (TPSA) is 91.7 Å². The lowest BCUT2D eigenvalue weighted by molar-refractivity contribution is 0.318. The Morgan fingerprint density at radius 2 is 2.43 bits per heavy atom. The van der Waals surface area contributed by atoms with Gasteiger partial charge in [-0.1, -0.05) is 5.16 Å². The average molecular weight is 213 g/mol. The highest BCUT2D eigenvalue weighted by Gasteiger charge is 2.07. The molecular formula is C8H11N3O2S. The molecule has 76 valence electrons. The van der Waals surface area contributed by atoms with Crippen molar-refractivity contribution in [3.05, 3.63) is 24.0 Å². The van der Waals surface area contributed by atoms with Crippen molar-refractivity contribution >= 4 is 17.6 Å². The molecule has 0 saturated carbocycles. The van der Waals surface area contributed by atoms with Crippen molar-refractivity contribution in [3.8, 4) is 0 Å². The lowest BCUT2D eigenvalue weighted by atomic mass is 10.3. The zero-order valence-electron chi connectivity index (χ0n) is 7.42. The van der Waals surface area contributed by atoms with Crippen LogP contribution in [0.2, 0.25) is 0 Å². The third kappa shape index (κ3) is 2.61. The Hall–Kier alpha value is -1.27. The normalized spacial score (nSPS) is 11.6. The van der Waals surface area contributed by atoms with E-state index in [1.54, 1.807) is 18.3 Å². The van der Waals surface area contributed by atoms with Gasteiger partial charge in [0.2, 0.25) is 0 Å². The number of pyridine rings is 1. The number of hydrogen-bond donors (Lipinski definition) is 3. The third-order valence-corrected chi connectivity index (χ3v) is 2.50. The number of aliphatic hydroxyl groups excluding tert-OH is 1. The third-order valence-electron chi connectivity index (χ3n) is 1.47. The van der Waals surface area contributed by atoms with Crippen LogP contribution in [0.25, 0.3) is 0 Å². The van der Waals surface area contributed by atoms with Gasteiger partial charge in [0.1, 0.15) is 5.69 Å². The monoisotopic (exact) mass is 213 g/mol. The van der Waals surface area contributed by atoms with Crippen LogP contribution in [0.4, 0.5) is 0 Å². The van der Waals surface area contributed by atoms with Gasteiger partial charge in [-0.25, -0.2) is 0 Å². The molecule has 6 heteroatoms. The Morgan fingerprint density at radius 1 is 1.64 bits per heavy atom. The molecule has 1 rings (SSSR count). The van der Waals surface area contributed by atoms with E-state index in [-0.39, 0.29) is 12.4 Å². The van der Waals surface area contributed by atoms with E-state index in [1.165, 1.54) is 11.8 Å². The minimum atomic E-state index is -0.0222. The van der Waals surface area contributed by atoms with Crippen LogP contribution in [0, 0.1) is 0 Å². The number of aromatic nitrogens is 1. The molecule has 0 fully saturated rings. The number of aliphatic hydroxyl groups is 1. The molecule has 5 nitrogen and oxygen atoms in total. The lowest BCUT2D eigenvalue weighted by Gasteiger charge is -2.04. The van der Waals surface area contributed by atoms with E-state index in [0.29, 0.717) is 11.4 Å². The highest BCUT2D eigenvalue weighted by atomic mass is 32.2. The summed E-state index contributed by atoms with van der Waals surface area (Å²) in [4.78, 5) is 4.77. The van der Waals surface area contributed by atoms with E-state index in [4.69, 9.17) is 16.0 Å². The van der Waals surface area contributed by atoms with Crippen molar-refractivity contribution in [1.29, 1.82) is 0 Å². The smallest absolute Gasteiger partial charge is 0.189 e. The maximum atomic E-state index is 8.66. The van der Waals surface area contributed by atoms with Crippen LogP contribution in [-0.2, 0) is 0 Å². The molecule has 0 spiro atoms. The van der Waals surface area contributed by atoms with Crippen LogP contribution in [0.5, 0.6) is 0 Å². The van der Waals surface area contributed by atoms with E-state index in [0.717, 1.165) is 4.90 Å². The molecule has 1 aromatic rings. The van der Waals surface area contributed by atoms with E-state index in [1.807, 2.05) is 0 Å². The molecule has 0 bridgehead atoms. The van der Waals surface area contributed by atoms with Gasteiger partial charge in [-0.15, -0.1) is 11.8 Å². The number of nitrogens with zero attached hydrogens (tertiary/aromatic N) is 2. The first kappa shape index (κ1) is 10.8. The van der Waals surface area contributed by atoms with E-state index >= 15 is 0 Å². The van der Waals surface area contributed by atoms with Gasteiger partial charge in [-0.3, -0.25) is 4.98 Å². The number of rotatable bonds is 4. The SMILES string of the molecule is N/C(=N/O)c1ncccc1SCCO. The molecule has 1 heterocycles. The summed E-state index contributed by atoms with van der Waals surface area (Å²) in [6.45, 7) is 0.0785. The minimum Gasteiger partial charge on any atom is -0.409 e. The standard InChI is InChI=1S/C8H11N3O2S/c9-8(11-13)7-6(14-5-4-12)2-1-3-10-7/h1-3,12-13H,4-5H2,(H2,9,11). The van der Waals surface area contributed by atoms with Crippen LogP contribution in [-0.4, -0.2) is 33.5 Å². The van der Waals surface area contributed by atoms with Gasteiger partial charge in [0.05, 0.1) is 6.61 Å². The molecule has 1 aromatic heterocycles. The summed E-state index contributed by atoms with van der Waals surface area (Å²) in [5, 5.41) is 20.0. The lowest BCUT2D eigenvalue weighted by Crippen LogP contribution is -2.16. The van der Waals surface area contributed by atoms with Crippen molar-refractivity contribution < 1.29 is 10.3 Å². The number of hydrogen-bond acceptors (Lipinski definition) is 5. The minimum absolute atomic E-state index is 0.0222. The summed E-state index contributed by atoms with van der Waals surface area (Å²) in [7, 11) is 0. The van der Waals surface area contributed by atoms with Crippen LogP contribution >= 0.6 is 11.8 Å². The van der Waals surface area contributed by atoms with Crippen molar-refractivity contribution in [2.24, 2.45) is 10.9 Å². The number of thioether (sulfide) groups is 1. The molecule has 0 amide bonds. The Labute approximate surface area is 85.6 Å². The summed E-state index contributed by atoms with van der Waals surface area (Å²) >= 11 is 1.41. The van der Waals surface area contributed by atoms with E-state index in [2.05, 4.69) is 10.1 Å². The maximum absolute atomic E-state index is 8.66. The zero-order chi connectivity index (χ0) is 10.4. The molecule has 0 saturated heterocycles. The molecule has 0 aromatic carbocycles. The Balaban J connectivity index is 2.91. The Bertz CT molecular complexity index is 330. The van der Waals surface area contributed by atoms with Crippen LogP contribution in [0.3, 0.4) is 0 Å². The van der Waals surface area contributed by atoms with Gasteiger partial charge in [0.25, 0.3) is 0 Å². The highest BCUT2D eigenvalue weighted by Crippen LogP contribution is 2.19. The molecule has 0 atom stereocenters. The molecule has 0 unspecified atom stereocenters. The first-order valence-electron chi connectivity index (χ1n) is 3.96. The summed E-state index contributed by atoms with van der Waals surface area (Å²) < 4.78 is 0. The second kappa shape index (κ2) is 5.46. The zero-order valence-corrected chi connectivity index (χ0v) is 8.24. The summed E-state index contributed by atoms with van der Waals surface area (Å²) in [5.74, 6) is 0.531. The molecule has 14 heavy (non-hydrogen) atoms. The van der Waals surface area contributed by atoms with Gasteiger partial charge >= 0.3 is 0 Å². The fourth-order valence-corrected chi connectivity index (χ4v) is 1.68. The Morgan fingerprint density at radius 3 is 3.07 bits per heavy atom. The predicted molar refractivity (Wildman–Crippen MR) is 54.6 cm³/mol. The van der Waals surface area contributed by atoms with Gasteiger partial charge in [0, 0.05) is 16.8 Å². The number of oxime groups is 1. The first-order valence-corrected chi connectivity index (χ1v) is 4.94. The molecule has 0 radical (unpaired) electrons. The number of nitrogens with two attached hydrogens (primary N) is 1. The molecule has 0 aliphatic carbocycles. The van der Waals surface area contributed by atoms with Crippen LogP contribution in [0.1, 0.15) is 5.69 Å². The maximum Gasteiger partial charge on any atom is 0.189 e. The predicted octanol–water partition coefficient (Wildman–Crippen LogP) is 0.260. The summed E-state index contributed by atoms with van der Waals surface area (Å²) in [6, 6.07) is 3.56. The summed E-state index contributed by atoms with van der Waals surface area (Å²) in [5.41, 5.74) is 5.87. The van der Waals surface area contributed by atoms with E-state index in [9.17, 15) is 0 Å². The van der Waals surface area contributed by atoms with Gasteiger partial charge in [0.15, 0.2) is 5.84 Å². The molecule has 4 N–H and O–H groups in total. The van der Waals surface area contributed by atoms with Crippen molar-refractivity contribution in [1.82, 2.24) is 4.98 Å². The summed E-state index contributed by atoms with van der Waals surface area (Å²) in [6.07, 6.45) is 1.57. The van der Waals surface area contributed by atoms with Crippen molar-refractivity contribution in [2.45, 2.75) is 4.90 Å². The number of amidine groups is 1. The van der Waals surface area contributed by atoms with Gasteiger partial charge < -0.3 is 16.0 Å². The van der Waals surface area contributed by atoms with Crippen LogP contribution in [0.15, 0.2) is 28.4 Å². The second-order valence-electron chi connectivity index (χ2n) is 2.41. The van der Waals surface area contributed by atoms with Crippen molar-refractivity contribution in [2.75, 3.05) is 12.4 Å². The fraction of sp³-hybridized carbons (Fsp3) is 0.250. The van der Waals surface area contributed by atoms with Gasteiger partial charge in [-0.2, -0.15) is 0 Å². The molecule has 0 aliphatic rings. The second-order valence-corrected chi connectivity index (χ2v) is 3.54. The van der Waals surface area contributed by atoms with Crippen LogP contribution < -0.4 is 5.73 Å². The average Bonchev–Trinajstić information content (AvgIpc) is 2.25. The Kier molecular flexibility index (Phi) is 4.21. The fourth-order valence-electron chi connectivity index (χ4n) is 0.902. The van der Waals surface area contributed by atoms with Gasteiger partial charge in [-0.05, 0) is 12.1 Å². The highest BCUT2D eigenvalue weighted by molar-refractivity contribution is 7.99. The first-order chi connectivity index (χ1) is 6.79. The molecular weight excluding hydrogens is 202 g/mol. The van der Waals surface area contributed by atoms with E-state index < -0.39 is 0 Å². The quantitative estimate of drug-likeness (QED) is 0.219. The largest absolute Gasteiger partial charge is 0.409 e.